The minimum Gasteiger partial charge on any atom is -0.383 e. The monoisotopic (exact) mass is 356 g/mol. The Kier molecular flexibility index (Phi) is 12.7. The maximum Gasteiger partial charge on any atom is 0.241 e. The molecule has 0 saturated carbocycles. The van der Waals surface area contributed by atoms with Crippen molar-refractivity contribution in [1.29, 1.82) is 0 Å². The molecule has 0 fully saturated rings. The first-order chi connectivity index (χ1) is 7.56. The molecular formula is C10H21IN4O2. The van der Waals surface area contributed by atoms with Gasteiger partial charge in [-0.25, -0.2) is 4.99 Å². The summed E-state index contributed by atoms with van der Waals surface area (Å²) in [5.74, 6) is 0.0574. The molecule has 0 radical (unpaired) electrons. The van der Waals surface area contributed by atoms with E-state index in [-0.39, 0.29) is 42.4 Å². The van der Waals surface area contributed by atoms with Gasteiger partial charge in [-0.15, -0.1) is 24.0 Å². The van der Waals surface area contributed by atoms with Gasteiger partial charge in [0.2, 0.25) is 5.91 Å². The zero-order valence-electron chi connectivity index (χ0n) is 10.3. The normalized spacial score (nSPS) is 10.4. The number of carbonyl (C=O) groups is 1. The fraction of sp³-hybridized carbons (Fsp3) is 0.600. The molecule has 0 aliphatic heterocycles. The SMILES string of the molecule is C=C(C)CNC(N)=NCC(=O)NCCOC.I. The van der Waals surface area contributed by atoms with Crippen molar-refractivity contribution in [3.8, 4) is 0 Å². The topological polar surface area (TPSA) is 88.7 Å². The fourth-order valence-electron chi connectivity index (χ4n) is 0.803. The van der Waals surface area contributed by atoms with Crippen LogP contribution in [0, 0.1) is 0 Å². The lowest BCUT2D eigenvalue weighted by atomic mass is 10.3. The van der Waals surface area contributed by atoms with Crippen LogP contribution in [0.25, 0.3) is 0 Å². The molecule has 0 spiro atoms. The van der Waals surface area contributed by atoms with E-state index in [0.717, 1.165) is 5.57 Å². The van der Waals surface area contributed by atoms with Gasteiger partial charge in [0, 0.05) is 20.2 Å². The quantitative estimate of drug-likeness (QED) is 0.195. The first-order valence-corrected chi connectivity index (χ1v) is 5.00. The molecule has 0 heterocycles. The molecule has 0 aromatic rings. The summed E-state index contributed by atoms with van der Waals surface area (Å²) in [6.45, 7) is 7.11. The smallest absolute Gasteiger partial charge is 0.241 e. The summed E-state index contributed by atoms with van der Waals surface area (Å²) in [6.07, 6.45) is 0. The van der Waals surface area contributed by atoms with Gasteiger partial charge in [0.25, 0.3) is 0 Å². The van der Waals surface area contributed by atoms with Gasteiger partial charge in [0.05, 0.1) is 6.61 Å². The average Bonchev–Trinajstić information content (AvgIpc) is 2.24. The van der Waals surface area contributed by atoms with Crippen LogP contribution in [0.3, 0.4) is 0 Å². The molecule has 0 bridgehead atoms. The number of nitrogens with one attached hydrogen (secondary N) is 2. The number of carbonyl (C=O) groups excluding carboxylic acids is 1. The lowest BCUT2D eigenvalue weighted by Crippen LogP contribution is -2.35. The Labute approximate surface area is 119 Å². The molecule has 100 valence electrons. The Morgan fingerprint density at radius 1 is 1.47 bits per heavy atom. The molecule has 17 heavy (non-hydrogen) atoms. The van der Waals surface area contributed by atoms with Crippen LogP contribution in [0.5, 0.6) is 0 Å². The van der Waals surface area contributed by atoms with Crippen LogP contribution in [0.2, 0.25) is 0 Å². The number of hydrogen-bond donors (Lipinski definition) is 3. The molecule has 0 atom stereocenters. The van der Waals surface area contributed by atoms with E-state index in [9.17, 15) is 4.79 Å². The third kappa shape index (κ3) is 13.1. The van der Waals surface area contributed by atoms with Crippen molar-refractivity contribution in [2.75, 3.05) is 33.4 Å². The summed E-state index contributed by atoms with van der Waals surface area (Å²) in [7, 11) is 1.57. The van der Waals surface area contributed by atoms with E-state index in [1.807, 2.05) is 6.92 Å². The Bertz CT molecular complexity index is 269. The fourth-order valence-corrected chi connectivity index (χ4v) is 0.803. The number of nitrogens with two attached hydrogens (primary N) is 1. The van der Waals surface area contributed by atoms with Gasteiger partial charge in [-0.05, 0) is 6.92 Å². The highest BCUT2D eigenvalue weighted by Crippen LogP contribution is 1.80. The second-order valence-corrected chi connectivity index (χ2v) is 3.35. The lowest BCUT2D eigenvalue weighted by Gasteiger charge is -2.05. The Balaban J connectivity index is 0. The summed E-state index contributed by atoms with van der Waals surface area (Å²) < 4.78 is 4.79. The van der Waals surface area contributed by atoms with Crippen molar-refractivity contribution in [3.05, 3.63) is 12.2 Å². The number of rotatable bonds is 7. The molecule has 1 amide bonds. The molecular weight excluding hydrogens is 335 g/mol. The maximum absolute atomic E-state index is 11.2. The van der Waals surface area contributed by atoms with Gasteiger partial charge in [-0.1, -0.05) is 12.2 Å². The first kappa shape index (κ1) is 18.5. The predicted molar refractivity (Wildman–Crippen MR) is 79.6 cm³/mol. The first-order valence-electron chi connectivity index (χ1n) is 5.00. The summed E-state index contributed by atoms with van der Waals surface area (Å²) in [4.78, 5) is 15.0. The zero-order chi connectivity index (χ0) is 12.4. The second kappa shape index (κ2) is 11.6. The molecule has 0 saturated heterocycles. The van der Waals surface area contributed by atoms with Gasteiger partial charge in [-0.3, -0.25) is 4.79 Å². The van der Waals surface area contributed by atoms with E-state index in [2.05, 4.69) is 22.2 Å². The highest BCUT2D eigenvalue weighted by atomic mass is 127. The van der Waals surface area contributed by atoms with E-state index >= 15 is 0 Å². The summed E-state index contributed by atoms with van der Waals surface area (Å²) in [5, 5.41) is 5.46. The highest BCUT2D eigenvalue weighted by Gasteiger charge is 1.99. The maximum atomic E-state index is 11.2. The van der Waals surface area contributed by atoms with Gasteiger partial charge >= 0.3 is 0 Å². The highest BCUT2D eigenvalue weighted by molar-refractivity contribution is 14.0. The number of halogens is 1. The molecule has 6 nitrogen and oxygen atoms in total. The van der Waals surface area contributed by atoms with E-state index in [1.165, 1.54) is 0 Å². The van der Waals surface area contributed by atoms with Crippen molar-refractivity contribution < 1.29 is 9.53 Å². The molecule has 0 aliphatic carbocycles. The number of methoxy groups -OCH3 is 1. The van der Waals surface area contributed by atoms with Gasteiger partial charge in [0.15, 0.2) is 5.96 Å². The molecule has 4 N–H and O–H groups in total. The van der Waals surface area contributed by atoms with Crippen molar-refractivity contribution in [2.24, 2.45) is 10.7 Å². The second-order valence-electron chi connectivity index (χ2n) is 3.35. The number of guanidine groups is 1. The van der Waals surface area contributed by atoms with Crippen LogP contribution in [0.4, 0.5) is 0 Å². The van der Waals surface area contributed by atoms with E-state index < -0.39 is 0 Å². The standard InChI is InChI=1S/C10H20N4O2.HI/c1-8(2)6-13-10(11)14-7-9(15)12-4-5-16-3;/h1,4-7H2,2-3H3,(H,12,15)(H3,11,13,14);1H. The molecule has 7 heteroatoms. The Hall–Kier alpha value is -0.830. The number of amides is 1. The minimum absolute atomic E-state index is 0. The largest absolute Gasteiger partial charge is 0.383 e. The van der Waals surface area contributed by atoms with E-state index in [1.54, 1.807) is 7.11 Å². The van der Waals surface area contributed by atoms with Crippen molar-refractivity contribution in [3.63, 3.8) is 0 Å². The van der Waals surface area contributed by atoms with E-state index in [0.29, 0.717) is 19.7 Å². The predicted octanol–water partition coefficient (Wildman–Crippen LogP) is -0.153. The lowest BCUT2D eigenvalue weighted by molar-refractivity contribution is -0.119. The van der Waals surface area contributed by atoms with Crippen LogP contribution in [0.1, 0.15) is 6.92 Å². The van der Waals surface area contributed by atoms with Crippen LogP contribution in [-0.4, -0.2) is 45.2 Å². The number of nitrogens with zero attached hydrogens (tertiary/aromatic N) is 1. The average molecular weight is 356 g/mol. The number of ether oxygens (including phenoxy) is 1. The Morgan fingerprint density at radius 3 is 2.65 bits per heavy atom. The van der Waals surface area contributed by atoms with Crippen molar-refractivity contribution >= 4 is 35.8 Å². The molecule has 0 aromatic carbocycles. The molecule has 0 unspecified atom stereocenters. The van der Waals surface area contributed by atoms with Crippen LogP contribution in [-0.2, 0) is 9.53 Å². The third-order valence-electron chi connectivity index (χ3n) is 1.59. The molecule has 0 aromatic heterocycles. The van der Waals surface area contributed by atoms with E-state index in [4.69, 9.17) is 10.5 Å². The summed E-state index contributed by atoms with van der Waals surface area (Å²) >= 11 is 0. The van der Waals surface area contributed by atoms with Crippen LogP contribution in [0.15, 0.2) is 17.1 Å². The van der Waals surface area contributed by atoms with Crippen molar-refractivity contribution in [1.82, 2.24) is 10.6 Å². The minimum atomic E-state index is -0.183. The number of aliphatic imine (C=N–C) groups is 1. The Morgan fingerprint density at radius 2 is 2.12 bits per heavy atom. The van der Waals surface area contributed by atoms with Gasteiger partial charge < -0.3 is 21.1 Å². The van der Waals surface area contributed by atoms with Crippen LogP contribution < -0.4 is 16.4 Å². The van der Waals surface area contributed by atoms with Gasteiger partial charge in [0.1, 0.15) is 6.54 Å². The molecule has 0 aliphatic rings. The van der Waals surface area contributed by atoms with Gasteiger partial charge in [-0.2, -0.15) is 0 Å². The summed E-state index contributed by atoms with van der Waals surface area (Å²) in [6, 6.07) is 0. The van der Waals surface area contributed by atoms with Crippen LogP contribution >= 0.6 is 24.0 Å². The van der Waals surface area contributed by atoms with Crippen molar-refractivity contribution in [2.45, 2.75) is 6.92 Å². The third-order valence-corrected chi connectivity index (χ3v) is 1.59. The molecule has 0 rings (SSSR count). The zero-order valence-corrected chi connectivity index (χ0v) is 12.6. The number of hydrogen-bond acceptors (Lipinski definition) is 3. The summed E-state index contributed by atoms with van der Waals surface area (Å²) in [5.41, 5.74) is 6.47.